The smallest absolute Gasteiger partial charge is 0.252 e. The Balaban J connectivity index is 2.52. The van der Waals surface area contributed by atoms with Gasteiger partial charge >= 0.3 is 0 Å². The summed E-state index contributed by atoms with van der Waals surface area (Å²) in [6, 6.07) is 1.73. The number of rotatable bonds is 4. The highest BCUT2D eigenvalue weighted by Gasteiger charge is 2.04. The number of hydrogen-bond acceptors (Lipinski definition) is 3. The first-order valence-corrected chi connectivity index (χ1v) is 5.12. The van der Waals surface area contributed by atoms with Gasteiger partial charge in [-0.25, -0.2) is 0 Å². The largest absolute Gasteiger partial charge is 0.352 e. The Morgan fingerprint density at radius 3 is 3.00 bits per heavy atom. The van der Waals surface area contributed by atoms with Crippen molar-refractivity contribution in [2.24, 2.45) is 5.73 Å². The number of amides is 1. The van der Waals surface area contributed by atoms with E-state index in [0.717, 1.165) is 10.9 Å². The SMILES string of the molecule is NCCCNC(=O)c1cncc(Br)c1. The Bertz CT molecular complexity index is 317. The van der Waals surface area contributed by atoms with Crippen LogP contribution in [0.25, 0.3) is 0 Å². The van der Waals surface area contributed by atoms with Crippen LogP contribution < -0.4 is 11.1 Å². The molecule has 0 aliphatic carbocycles. The van der Waals surface area contributed by atoms with Gasteiger partial charge in [0.2, 0.25) is 0 Å². The van der Waals surface area contributed by atoms with Crippen LogP contribution >= 0.6 is 15.9 Å². The zero-order valence-electron chi connectivity index (χ0n) is 7.66. The van der Waals surface area contributed by atoms with Gasteiger partial charge in [0.1, 0.15) is 0 Å². The van der Waals surface area contributed by atoms with E-state index < -0.39 is 0 Å². The molecule has 0 saturated heterocycles. The minimum Gasteiger partial charge on any atom is -0.352 e. The van der Waals surface area contributed by atoms with Crippen LogP contribution in [0.2, 0.25) is 0 Å². The molecule has 0 atom stereocenters. The van der Waals surface area contributed by atoms with Gasteiger partial charge in [0, 0.05) is 23.4 Å². The number of halogens is 1. The number of nitrogens with one attached hydrogen (secondary N) is 1. The molecule has 14 heavy (non-hydrogen) atoms. The molecule has 0 aliphatic heterocycles. The van der Waals surface area contributed by atoms with Crippen molar-refractivity contribution in [1.82, 2.24) is 10.3 Å². The van der Waals surface area contributed by atoms with E-state index >= 15 is 0 Å². The third-order valence-corrected chi connectivity index (χ3v) is 2.07. The predicted molar refractivity (Wildman–Crippen MR) is 57.9 cm³/mol. The minimum absolute atomic E-state index is 0.118. The number of hydrogen-bond donors (Lipinski definition) is 2. The number of carbonyl (C=O) groups excluding carboxylic acids is 1. The highest BCUT2D eigenvalue weighted by atomic mass is 79.9. The number of aromatic nitrogens is 1. The zero-order valence-corrected chi connectivity index (χ0v) is 9.25. The second-order valence-corrected chi connectivity index (χ2v) is 3.71. The summed E-state index contributed by atoms with van der Waals surface area (Å²) in [7, 11) is 0. The van der Waals surface area contributed by atoms with Gasteiger partial charge in [-0.15, -0.1) is 0 Å². The molecule has 1 amide bonds. The van der Waals surface area contributed by atoms with Gasteiger partial charge in [0.25, 0.3) is 5.91 Å². The molecule has 1 aromatic heterocycles. The van der Waals surface area contributed by atoms with Crippen molar-refractivity contribution in [1.29, 1.82) is 0 Å². The lowest BCUT2D eigenvalue weighted by atomic mass is 10.2. The minimum atomic E-state index is -0.118. The summed E-state index contributed by atoms with van der Waals surface area (Å²) >= 11 is 3.25. The van der Waals surface area contributed by atoms with Crippen molar-refractivity contribution in [2.45, 2.75) is 6.42 Å². The maximum absolute atomic E-state index is 11.5. The third kappa shape index (κ3) is 3.43. The van der Waals surface area contributed by atoms with Crippen LogP contribution in [0, 0.1) is 0 Å². The second kappa shape index (κ2) is 5.72. The molecular weight excluding hydrogens is 246 g/mol. The van der Waals surface area contributed by atoms with Crippen LogP contribution in [-0.4, -0.2) is 24.0 Å². The molecule has 0 spiro atoms. The average Bonchev–Trinajstić information content (AvgIpc) is 2.18. The summed E-state index contributed by atoms with van der Waals surface area (Å²) in [4.78, 5) is 15.4. The van der Waals surface area contributed by atoms with E-state index in [0.29, 0.717) is 18.7 Å². The first-order chi connectivity index (χ1) is 6.74. The van der Waals surface area contributed by atoms with Crippen molar-refractivity contribution in [3.8, 4) is 0 Å². The fourth-order valence-corrected chi connectivity index (χ4v) is 1.31. The molecule has 3 N–H and O–H groups in total. The van der Waals surface area contributed by atoms with Gasteiger partial charge in [-0.05, 0) is 35.0 Å². The second-order valence-electron chi connectivity index (χ2n) is 2.79. The normalized spacial score (nSPS) is 9.86. The van der Waals surface area contributed by atoms with E-state index in [1.807, 2.05) is 0 Å². The Hall–Kier alpha value is -0.940. The maximum Gasteiger partial charge on any atom is 0.252 e. The molecule has 1 rings (SSSR count). The van der Waals surface area contributed by atoms with E-state index in [1.165, 1.54) is 6.20 Å². The number of carbonyl (C=O) groups is 1. The molecule has 0 fully saturated rings. The maximum atomic E-state index is 11.5. The number of nitrogens with two attached hydrogens (primary N) is 1. The fourth-order valence-electron chi connectivity index (χ4n) is 0.942. The summed E-state index contributed by atoms with van der Waals surface area (Å²) in [5.74, 6) is -0.118. The van der Waals surface area contributed by atoms with Crippen molar-refractivity contribution >= 4 is 21.8 Å². The Labute approximate surface area is 91.0 Å². The van der Waals surface area contributed by atoms with E-state index in [9.17, 15) is 4.79 Å². The molecule has 1 heterocycles. The van der Waals surface area contributed by atoms with Crippen LogP contribution in [-0.2, 0) is 0 Å². The van der Waals surface area contributed by atoms with Crippen LogP contribution in [0.15, 0.2) is 22.9 Å². The molecule has 0 radical (unpaired) electrons. The highest BCUT2D eigenvalue weighted by Crippen LogP contribution is 2.09. The molecule has 0 unspecified atom stereocenters. The summed E-state index contributed by atoms with van der Waals surface area (Å²) in [6.07, 6.45) is 3.95. The zero-order chi connectivity index (χ0) is 10.4. The van der Waals surface area contributed by atoms with Crippen LogP contribution in [0.4, 0.5) is 0 Å². The fraction of sp³-hybridized carbons (Fsp3) is 0.333. The molecular formula is C9H12BrN3O. The molecule has 4 nitrogen and oxygen atoms in total. The Morgan fingerprint density at radius 1 is 1.57 bits per heavy atom. The van der Waals surface area contributed by atoms with E-state index in [4.69, 9.17) is 5.73 Å². The Kier molecular flexibility index (Phi) is 4.55. The van der Waals surface area contributed by atoms with Gasteiger partial charge in [0.15, 0.2) is 0 Å². The lowest BCUT2D eigenvalue weighted by Crippen LogP contribution is -2.26. The molecule has 1 aromatic rings. The van der Waals surface area contributed by atoms with Crippen molar-refractivity contribution < 1.29 is 4.79 Å². The monoisotopic (exact) mass is 257 g/mol. The van der Waals surface area contributed by atoms with Crippen LogP contribution in [0.3, 0.4) is 0 Å². The summed E-state index contributed by atoms with van der Waals surface area (Å²) in [5, 5.41) is 2.75. The number of nitrogens with zero attached hydrogens (tertiary/aromatic N) is 1. The van der Waals surface area contributed by atoms with Crippen LogP contribution in [0.1, 0.15) is 16.8 Å². The average molecular weight is 258 g/mol. The molecule has 0 aromatic carbocycles. The van der Waals surface area contributed by atoms with E-state index in [1.54, 1.807) is 12.3 Å². The lowest BCUT2D eigenvalue weighted by Gasteiger charge is -2.03. The van der Waals surface area contributed by atoms with Gasteiger partial charge in [-0.3, -0.25) is 9.78 Å². The summed E-state index contributed by atoms with van der Waals surface area (Å²) in [6.45, 7) is 1.18. The standard InChI is InChI=1S/C9H12BrN3O/c10-8-4-7(5-12-6-8)9(14)13-3-1-2-11/h4-6H,1-3,11H2,(H,13,14). The van der Waals surface area contributed by atoms with Crippen molar-refractivity contribution in [3.63, 3.8) is 0 Å². The van der Waals surface area contributed by atoms with Gasteiger partial charge in [0.05, 0.1) is 5.56 Å². The molecule has 0 bridgehead atoms. The highest BCUT2D eigenvalue weighted by molar-refractivity contribution is 9.10. The number of pyridine rings is 1. The lowest BCUT2D eigenvalue weighted by molar-refractivity contribution is 0.0953. The first kappa shape index (κ1) is 11.1. The molecule has 76 valence electrons. The topological polar surface area (TPSA) is 68.0 Å². The van der Waals surface area contributed by atoms with E-state index in [-0.39, 0.29) is 5.91 Å². The van der Waals surface area contributed by atoms with Gasteiger partial charge in [-0.2, -0.15) is 0 Å². The van der Waals surface area contributed by atoms with E-state index in [2.05, 4.69) is 26.2 Å². The first-order valence-electron chi connectivity index (χ1n) is 4.33. The predicted octanol–water partition coefficient (Wildman–Crippen LogP) is 0.923. The summed E-state index contributed by atoms with van der Waals surface area (Å²) in [5.41, 5.74) is 5.86. The summed E-state index contributed by atoms with van der Waals surface area (Å²) < 4.78 is 0.795. The van der Waals surface area contributed by atoms with Crippen molar-refractivity contribution in [3.05, 3.63) is 28.5 Å². The molecule has 5 heteroatoms. The van der Waals surface area contributed by atoms with Crippen molar-refractivity contribution in [2.75, 3.05) is 13.1 Å². The van der Waals surface area contributed by atoms with Crippen LogP contribution in [0.5, 0.6) is 0 Å². The third-order valence-electron chi connectivity index (χ3n) is 1.63. The molecule has 0 saturated carbocycles. The molecule has 0 aliphatic rings. The van der Waals surface area contributed by atoms with Gasteiger partial charge in [-0.1, -0.05) is 0 Å². The quantitative estimate of drug-likeness (QED) is 0.789. The van der Waals surface area contributed by atoms with Gasteiger partial charge < -0.3 is 11.1 Å². The Morgan fingerprint density at radius 2 is 2.36 bits per heavy atom.